The lowest BCUT2D eigenvalue weighted by molar-refractivity contribution is -0.161. The SMILES string of the molecule is CCCCC/C=C\C/C=C\C/C=C\C/C=C\CCCCCC(=O)OC[C@H](COP(=O)(O)O)OC(=O)CCCCCCCCCCC/C=C\CCCCCCCC. The first-order valence-electron chi connectivity index (χ1n) is 22.6. The van der Waals surface area contributed by atoms with E-state index in [9.17, 15) is 14.2 Å². The number of carbonyl (C=O) groups excluding carboxylic acids is 2. The molecular weight excluding hydrogens is 723 g/mol. The summed E-state index contributed by atoms with van der Waals surface area (Å²) in [6.07, 6.45) is 53.7. The van der Waals surface area contributed by atoms with Crippen molar-refractivity contribution in [3.63, 3.8) is 0 Å². The molecule has 0 aliphatic rings. The summed E-state index contributed by atoms with van der Waals surface area (Å²) in [6.45, 7) is 3.63. The minimum absolute atomic E-state index is 0.201. The van der Waals surface area contributed by atoms with E-state index in [1.807, 2.05) is 0 Å². The molecule has 0 amide bonds. The average molecular weight is 807 g/mol. The summed E-state index contributed by atoms with van der Waals surface area (Å²) in [4.78, 5) is 42.9. The van der Waals surface area contributed by atoms with Crippen LogP contribution in [0.25, 0.3) is 0 Å². The molecule has 9 heteroatoms. The summed E-state index contributed by atoms with van der Waals surface area (Å²) in [5.41, 5.74) is 0. The minimum atomic E-state index is -4.77. The van der Waals surface area contributed by atoms with E-state index in [1.54, 1.807) is 0 Å². The van der Waals surface area contributed by atoms with Gasteiger partial charge in [0.05, 0.1) is 6.61 Å². The van der Waals surface area contributed by atoms with Gasteiger partial charge in [0.25, 0.3) is 0 Å². The van der Waals surface area contributed by atoms with Crippen LogP contribution in [0.2, 0.25) is 0 Å². The number of hydrogen-bond acceptors (Lipinski definition) is 6. The zero-order valence-electron chi connectivity index (χ0n) is 35.8. The first-order chi connectivity index (χ1) is 27.3. The summed E-state index contributed by atoms with van der Waals surface area (Å²) in [6, 6.07) is 0. The van der Waals surface area contributed by atoms with Crippen molar-refractivity contribution < 1.29 is 37.9 Å². The van der Waals surface area contributed by atoms with Crippen molar-refractivity contribution in [2.45, 2.75) is 213 Å². The Morgan fingerprint density at radius 2 is 0.804 bits per heavy atom. The number of esters is 2. The van der Waals surface area contributed by atoms with Crippen LogP contribution < -0.4 is 0 Å². The summed E-state index contributed by atoms with van der Waals surface area (Å²) >= 11 is 0. The van der Waals surface area contributed by atoms with Gasteiger partial charge in [-0.3, -0.25) is 14.1 Å². The zero-order valence-corrected chi connectivity index (χ0v) is 36.7. The van der Waals surface area contributed by atoms with Crippen LogP contribution in [0.1, 0.15) is 206 Å². The highest BCUT2D eigenvalue weighted by Gasteiger charge is 2.22. The van der Waals surface area contributed by atoms with E-state index in [1.165, 1.54) is 109 Å². The van der Waals surface area contributed by atoms with Crippen LogP contribution in [0.4, 0.5) is 0 Å². The quantitative estimate of drug-likeness (QED) is 0.0271. The molecule has 0 aliphatic carbocycles. The van der Waals surface area contributed by atoms with Gasteiger partial charge in [-0.05, 0) is 83.5 Å². The Morgan fingerprint density at radius 3 is 1.27 bits per heavy atom. The fraction of sp³-hybridized carbons (Fsp3) is 0.745. The molecular formula is C47H83O8P. The van der Waals surface area contributed by atoms with Crippen molar-refractivity contribution in [2.75, 3.05) is 13.2 Å². The second-order valence-corrected chi connectivity index (χ2v) is 16.3. The third-order valence-corrected chi connectivity index (χ3v) is 9.99. The molecule has 0 rings (SSSR count). The molecule has 0 bridgehead atoms. The third kappa shape index (κ3) is 44.5. The summed E-state index contributed by atoms with van der Waals surface area (Å²) < 4.78 is 26.4. The van der Waals surface area contributed by atoms with Crippen LogP contribution in [-0.2, 0) is 28.2 Å². The Hall–Kier alpha value is -2.25. The van der Waals surface area contributed by atoms with E-state index < -0.39 is 32.5 Å². The van der Waals surface area contributed by atoms with Gasteiger partial charge in [-0.1, -0.05) is 171 Å². The molecule has 1 atom stereocenters. The Kier molecular flexibility index (Phi) is 40.7. The molecule has 0 saturated carbocycles. The molecule has 0 radical (unpaired) electrons. The standard InChI is InChI=1S/C47H83O8P/c1-3-5-7-9-11-13-15-17-19-21-23-25-27-29-31-33-35-37-39-41-46(48)53-43-45(44-54-56(50,51)52)55-47(49)42-40-38-36-34-32-30-28-26-24-22-20-18-16-14-12-10-8-6-4-2/h11,13,17-20,23,25,29,31,45H,3-10,12,14-16,21-22,24,26-28,30,32-44H2,1-2H3,(H2,50,51,52)/b13-11-,19-17-,20-18-,25-23-,31-29-/t45-/m1/s1. The molecule has 0 saturated heterocycles. The highest BCUT2D eigenvalue weighted by molar-refractivity contribution is 7.46. The van der Waals surface area contributed by atoms with Gasteiger partial charge in [0.15, 0.2) is 6.10 Å². The first kappa shape index (κ1) is 53.8. The van der Waals surface area contributed by atoms with Crippen LogP contribution in [0.3, 0.4) is 0 Å². The van der Waals surface area contributed by atoms with Gasteiger partial charge in [-0.15, -0.1) is 0 Å². The van der Waals surface area contributed by atoms with Crippen molar-refractivity contribution in [2.24, 2.45) is 0 Å². The third-order valence-electron chi connectivity index (χ3n) is 9.51. The van der Waals surface area contributed by atoms with Gasteiger partial charge in [-0.2, -0.15) is 0 Å². The second kappa shape index (κ2) is 42.4. The number of carbonyl (C=O) groups is 2. The first-order valence-corrected chi connectivity index (χ1v) is 24.1. The lowest BCUT2D eigenvalue weighted by Gasteiger charge is -2.18. The van der Waals surface area contributed by atoms with E-state index in [0.717, 1.165) is 57.8 Å². The number of phosphoric acid groups is 1. The molecule has 0 aromatic heterocycles. The highest BCUT2D eigenvalue weighted by atomic mass is 31.2. The average Bonchev–Trinajstić information content (AvgIpc) is 3.17. The highest BCUT2D eigenvalue weighted by Crippen LogP contribution is 2.36. The van der Waals surface area contributed by atoms with E-state index in [2.05, 4.69) is 79.1 Å². The molecule has 8 nitrogen and oxygen atoms in total. The maximum atomic E-state index is 12.4. The minimum Gasteiger partial charge on any atom is -0.462 e. The molecule has 0 aliphatic heterocycles. The van der Waals surface area contributed by atoms with Crippen molar-refractivity contribution in [1.29, 1.82) is 0 Å². The number of rotatable bonds is 41. The number of ether oxygens (including phenoxy) is 2. The Bertz CT molecular complexity index is 1090. The lowest BCUT2D eigenvalue weighted by Crippen LogP contribution is -2.29. The topological polar surface area (TPSA) is 119 Å². The Labute approximate surface area is 343 Å². The lowest BCUT2D eigenvalue weighted by atomic mass is 10.1. The van der Waals surface area contributed by atoms with Crippen molar-refractivity contribution in [3.05, 3.63) is 60.8 Å². The van der Waals surface area contributed by atoms with Gasteiger partial charge in [0, 0.05) is 12.8 Å². The molecule has 56 heavy (non-hydrogen) atoms. The summed E-state index contributed by atoms with van der Waals surface area (Å²) in [5, 5.41) is 0. The summed E-state index contributed by atoms with van der Waals surface area (Å²) in [5.74, 6) is -0.922. The fourth-order valence-electron chi connectivity index (χ4n) is 6.12. The molecule has 0 heterocycles. The molecule has 324 valence electrons. The van der Waals surface area contributed by atoms with E-state index in [-0.39, 0.29) is 19.4 Å². The second-order valence-electron chi connectivity index (χ2n) is 15.0. The predicted octanol–water partition coefficient (Wildman–Crippen LogP) is 14.1. The normalized spacial score (nSPS) is 13.0. The van der Waals surface area contributed by atoms with Gasteiger partial charge >= 0.3 is 19.8 Å². The molecule has 0 unspecified atom stereocenters. The summed E-state index contributed by atoms with van der Waals surface area (Å²) in [7, 11) is -4.77. The number of unbranched alkanes of at least 4 members (excludes halogenated alkanes) is 21. The van der Waals surface area contributed by atoms with E-state index >= 15 is 0 Å². The van der Waals surface area contributed by atoms with Crippen LogP contribution in [-0.4, -0.2) is 41.0 Å². The van der Waals surface area contributed by atoms with Crippen molar-refractivity contribution >= 4 is 19.8 Å². The van der Waals surface area contributed by atoms with E-state index in [0.29, 0.717) is 12.8 Å². The molecule has 0 aromatic carbocycles. The largest absolute Gasteiger partial charge is 0.469 e. The maximum Gasteiger partial charge on any atom is 0.469 e. The van der Waals surface area contributed by atoms with Crippen LogP contribution in [0.15, 0.2) is 60.8 Å². The van der Waals surface area contributed by atoms with Gasteiger partial charge in [-0.25, -0.2) is 4.57 Å². The molecule has 0 fully saturated rings. The number of hydrogen-bond donors (Lipinski definition) is 2. The monoisotopic (exact) mass is 807 g/mol. The van der Waals surface area contributed by atoms with Crippen molar-refractivity contribution in [3.8, 4) is 0 Å². The van der Waals surface area contributed by atoms with Crippen LogP contribution >= 0.6 is 7.82 Å². The predicted molar refractivity (Wildman–Crippen MR) is 234 cm³/mol. The van der Waals surface area contributed by atoms with Gasteiger partial charge in [0.2, 0.25) is 0 Å². The Morgan fingerprint density at radius 1 is 0.464 bits per heavy atom. The van der Waals surface area contributed by atoms with Gasteiger partial charge < -0.3 is 19.3 Å². The van der Waals surface area contributed by atoms with Crippen molar-refractivity contribution in [1.82, 2.24) is 0 Å². The molecule has 0 aromatic rings. The molecule has 2 N–H and O–H groups in total. The molecule has 0 spiro atoms. The van der Waals surface area contributed by atoms with E-state index in [4.69, 9.17) is 19.3 Å². The Balaban J connectivity index is 3.96. The number of allylic oxidation sites excluding steroid dienone is 10. The zero-order chi connectivity index (χ0) is 41.1. The fourth-order valence-corrected chi connectivity index (χ4v) is 6.48. The maximum absolute atomic E-state index is 12.4. The van der Waals surface area contributed by atoms with Gasteiger partial charge in [0.1, 0.15) is 6.61 Å². The van der Waals surface area contributed by atoms with Crippen LogP contribution in [0.5, 0.6) is 0 Å². The number of phosphoric ester groups is 1. The van der Waals surface area contributed by atoms with Crippen LogP contribution in [0, 0.1) is 0 Å². The smallest absolute Gasteiger partial charge is 0.462 e.